The zero-order chi connectivity index (χ0) is 18.9. The van der Waals surface area contributed by atoms with E-state index in [-0.39, 0.29) is 16.4 Å². The molecule has 6 heteroatoms. The molecule has 1 aliphatic heterocycles. The lowest BCUT2D eigenvalue weighted by molar-refractivity contribution is -0.123. The van der Waals surface area contributed by atoms with Crippen LogP contribution in [-0.4, -0.2) is 27.4 Å². The molecule has 1 amide bonds. The summed E-state index contributed by atoms with van der Waals surface area (Å²) in [7, 11) is -1.79. The van der Waals surface area contributed by atoms with E-state index in [2.05, 4.69) is 39.2 Å². The second-order valence-corrected chi connectivity index (χ2v) is 14.2. The highest BCUT2D eigenvalue weighted by atomic mass is 35.5. The number of carbonyl (C=O) groups excluding carboxylic acids is 1. The number of piperidine rings is 1. The standard InChI is InChI=1S/C19H29Cl2NO2Si/c1-18(2,3)25(4,5)24-11-10-19(9-8-17(23)22-13-19)14-6-7-15(20)16(21)12-14/h6-7,12H,8-11,13H2,1-5H3,(H,22,23). The molecule has 3 nitrogen and oxygen atoms in total. The van der Waals surface area contributed by atoms with E-state index in [1.807, 2.05) is 18.2 Å². The zero-order valence-electron chi connectivity index (χ0n) is 15.8. The molecule has 0 aromatic heterocycles. The van der Waals surface area contributed by atoms with Gasteiger partial charge < -0.3 is 9.74 Å². The van der Waals surface area contributed by atoms with Gasteiger partial charge in [0.2, 0.25) is 5.91 Å². The lowest BCUT2D eigenvalue weighted by atomic mass is 9.72. The molecule has 0 saturated carbocycles. The maximum absolute atomic E-state index is 11.7. The van der Waals surface area contributed by atoms with Gasteiger partial charge in [-0.1, -0.05) is 50.0 Å². The molecule has 0 bridgehead atoms. The van der Waals surface area contributed by atoms with Crippen molar-refractivity contribution in [3.8, 4) is 0 Å². The van der Waals surface area contributed by atoms with Gasteiger partial charge in [0.05, 0.1) is 10.0 Å². The Balaban J connectivity index is 2.19. The van der Waals surface area contributed by atoms with Crippen LogP contribution < -0.4 is 5.32 Å². The van der Waals surface area contributed by atoms with E-state index in [1.165, 1.54) is 0 Å². The SMILES string of the molecule is CC(C)(C)[Si](C)(C)OCCC1(c2ccc(Cl)c(Cl)c2)CCC(=O)NC1. The summed E-state index contributed by atoms with van der Waals surface area (Å²) in [5.41, 5.74) is 0.977. The Morgan fingerprint density at radius 1 is 1.24 bits per heavy atom. The fourth-order valence-corrected chi connectivity index (χ4v) is 4.29. The molecule has 0 aliphatic carbocycles. The summed E-state index contributed by atoms with van der Waals surface area (Å²) in [6.45, 7) is 12.6. The maximum atomic E-state index is 11.7. The van der Waals surface area contributed by atoms with E-state index in [1.54, 1.807) is 0 Å². The van der Waals surface area contributed by atoms with Crippen molar-refractivity contribution in [3.63, 3.8) is 0 Å². The lowest BCUT2D eigenvalue weighted by Crippen LogP contribution is -2.48. The molecule has 1 heterocycles. The molecule has 1 saturated heterocycles. The summed E-state index contributed by atoms with van der Waals surface area (Å²) >= 11 is 12.3. The van der Waals surface area contributed by atoms with E-state index in [0.29, 0.717) is 29.6 Å². The average molecular weight is 402 g/mol. The molecule has 1 atom stereocenters. The third-order valence-electron chi connectivity index (χ3n) is 5.84. The average Bonchev–Trinajstić information content (AvgIpc) is 2.51. The number of nitrogens with one attached hydrogen (secondary N) is 1. The lowest BCUT2D eigenvalue weighted by Gasteiger charge is -2.41. The number of hydrogen-bond acceptors (Lipinski definition) is 2. The van der Waals surface area contributed by atoms with Crippen LogP contribution in [0.15, 0.2) is 18.2 Å². The molecule has 1 aromatic rings. The highest BCUT2D eigenvalue weighted by molar-refractivity contribution is 6.74. The molecular weight excluding hydrogens is 373 g/mol. The van der Waals surface area contributed by atoms with Crippen LogP contribution in [0.3, 0.4) is 0 Å². The molecule has 0 spiro atoms. The number of halogens is 2. The third kappa shape index (κ3) is 4.79. The van der Waals surface area contributed by atoms with Gasteiger partial charge in [0.15, 0.2) is 8.32 Å². The molecule has 1 aromatic carbocycles. The smallest absolute Gasteiger partial charge is 0.220 e. The fourth-order valence-electron chi connectivity index (χ4n) is 2.95. The Morgan fingerprint density at radius 3 is 2.44 bits per heavy atom. The highest BCUT2D eigenvalue weighted by Crippen LogP contribution is 2.40. The van der Waals surface area contributed by atoms with Gasteiger partial charge in [-0.3, -0.25) is 4.79 Å². The van der Waals surface area contributed by atoms with Gasteiger partial charge in [-0.2, -0.15) is 0 Å². The van der Waals surface area contributed by atoms with E-state index < -0.39 is 8.32 Å². The second kappa shape index (κ2) is 7.59. The van der Waals surface area contributed by atoms with Crippen molar-refractivity contribution in [2.75, 3.05) is 13.2 Å². The number of amides is 1. The van der Waals surface area contributed by atoms with Crippen LogP contribution >= 0.6 is 23.2 Å². The first-order valence-electron chi connectivity index (χ1n) is 8.83. The Morgan fingerprint density at radius 2 is 1.92 bits per heavy atom. The first-order valence-corrected chi connectivity index (χ1v) is 12.5. The molecule has 2 rings (SSSR count). The third-order valence-corrected chi connectivity index (χ3v) is 11.1. The highest BCUT2D eigenvalue weighted by Gasteiger charge is 2.40. The number of carbonyl (C=O) groups is 1. The Hall–Kier alpha value is -0.553. The van der Waals surface area contributed by atoms with Crippen molar-refractivity contribution in [3.05, 3.63) is 33.8 Å². The summed E-state index contributed by atoms with van der Waals surface area (Å²) in [6.07, 6.45) is 2.19. The normalized spacial score (nSPS) is 22.0. The van der Waals surface area contributed by atoms with Crippen LogP contribution in [0.4, 0.5) is 0 Å². The van der Waals surface area contributed by atoms with E-state index in [0.717, 1.165) is 18.4 Å². The predicted octanol–water partition coefficient (Wildman–Crippen LogP) is 5.55. The molecular formula is C19H29Cl2NO2Si. The topological polar surface area (TPSA) is 38.3 Å². The molecule has 1 unspecified atom stereocenters. The minimum absolute atomic E-state index is 0.112. The fraction of sp³-hybridized carbons (Fsp3) is 0.632. The minimum atomic E-state index is -1.79. The summed E-state index contributed by atoms with van der Waals surface area (Å²) < 4.78 is 6.39. The van der Waals surface area contributed by atoms with Crippen LogP contribution in [0.5, 0.6) is 0 Å². The molecule has 1 aliphatic rings. The molecule has 1 fully saturated rings. The molecule has 1 N–H and O–H groups in total. The first-order chi connectivity index (χ1) is 11.5. The summed E-state index contributed by atoms with van der Waals surface area (Å²) in [5, 5.41) is 4.32. The van der Waals surface area contributed by atoms with Crippen LogP contribution in [0.2, 0.25) is 28.2 Å². The molecule has 140 valence electrons. The van der Waals surface area contributed by atoms with E-state index in [9.17, 15) is 4.79 Å². The van der Waals surface area contributed by atoms with Crippen LogP contribution in [0.1, 0.15) is 45.6 Å². The van der Waals surface area contributed by atoms with Crippen molar-refractivity contribution >= 4 is 37.4 Å². The van der Waals surface area contributed by atoms with Crippen molar-refractivity contribution in [1.82, 2.24) is 5.32 Å². The largest absolute Gasteiger partial charge is 0.417 e. The Bertz CT molecular complexity index is 631. The predicted molar refractivity (Wildman–Crippen MR) is 108 cm³/mol. The van der Waals surface area contributed by atoms with Gasteiger partial charge in [0, 0.05) is 25.0 Å². The van der Waals surface area contributed by atoms with Crippen LogP contribution in [0.25, 0.3) is 0 Å². The van der Waals surface area contributed by atoms with Gasteiger partial charge in [-0.05, 0) is 48.7 Å². The van der Waals surface area contributed by atoms with Gasteiger partial charge in [-0.25, -0.2) is 0 Å². The van der Waals surface area contributed by atoms with Crippen molar-refractivity contribution in [2.45, 2.75) is 63.6 Å². The van der Waals surface area contributed by atoms with Crippen LogP contribution in [0, 0.1) is 0 Å². The van der Waals surface area contributed by atoms with E-state index >= 15 is 0 Å². The summed E-state index contributed by atoms with van der Waals surface area (Å²) in [4.78, 5) is 11.7. The van der Waals surface area contributed by atoms with Crippen LogP contribution in [-0.2, 0) is 14.6 Å². The monoisotopic (exact) mass is 401 g/mol. The Kier molecular flexibility index (Phi) is 6.30. The van der Waals surface area contributed by atoms with Gasteiger partial charge >= 0.3 is 0 Å². The van der Waals surface area contributed by atoms with Gasteiger partial charge in [-0.15, -0.1) is 0 Å². The Labute approximate surface area is 162 Å². The zero-order valence-corrected chi connectivity index (χ0v) is 18.4. The summed E-state index contributed by atoms with van der Waals surface area (Å²) in [5.74, 6) is 0.112. The quantitative estimate of drug-likeness (QED) is 0.656. The molecule has 0 radical (unpaired) electrons. The second-order valence-electron chi connectivity index (χ2n) is 8.54. The van der Waals surface area contributed by atoms with Crippen molar-refractivity contribution in [2.24, 2.45) is 0 Å². The van der Waals surface area contributed by atoms with Gasteiger partial charge in [0.1, 0.15) is 0 Å². The number of hydrogen-bond donors (Lipinski definition) is 1. The van der Waals surface area contributed by atoms with E-state index in [4.69, 9.17) is 27.6 Å². The van der Waals surface area contributed by atoms with Gasteiger partial charge in [0.25, 0.3) is 0 Å². The summed E-state index contributed by atoms with van der Waals surface area (Å²) in [6, 6.07) is 5.80. The number of rotatable bonds is 5. The van der Waals surface area contributed by atoms with Crippen molar-refractivity contribution in [1.29, 1.82) is 0 Å². The van der Waals surface area contributed by atoms with Crippen molar-refractivity contribution < 1.29 is 9.22 Å². The number of benzene rings is 1. The molecule has 25 heavy (non-hydrogen) atoms. The maximum Gasteiger partial charge on any atom is 0.220 e. The minimum Gasteiger partial charge on any atom is -0.417 e. The first kappa shape index (κ1) is 20.8.